The Morgan fingerprint density at radius 3 is 2.41 bits per heavy atom. The SMILES string of the molecule is O=C(CCNCCCc1ccc(OCCC2CCCC2)cc1)OC(=O)C(F)(F)F. The summed E-state index contributed by atoms with van der Waals surface area (Å²) in [7, 11) is 0. The van der Waals surface area contributed by atoms with Crippen molar-refractivity contribution in [1.29, 1.82) is 0 Å². The Hall–Kier alpha value is -2.09. The Bertz CT molecular complexity index is 640. The predicted octanol–water partition coefficient (Wildman–Crippen LogP) is 4.19. The molecule has 1 aromatic carbocycles. The number of hydrogen-bond donors (Lipinski definition) is 1. The minimum absolute atomic E-state index is 0.151. The molecule has 1 saturated carbocycles. The van der Waals surface area contributed by atoms with Gasteiger partial charge in [0.15, 0.2) is 0 Å². The number of esters is 2. The standard InChI is InChI=1S/C21H28F3NO4/c22-21(23,24)20(27)29-19(26)11-14-25-13-3-6-17-7-9-18(10-8-17)28-15-12-16-4-1-2-5-16/h7-10,16,25H,1-6,11-15H2. The van der Waals surface area contributed by atoms with Crippen LogP contribution in [0.3, 0.4) is 0 Å². The number of benzene rings is 1. The number of carbonyl (C=O) groups excluding carboxylic acids is 2. The summed E-state index contributed by atoms with van der Waals surface area (Å²) in [6, 6.07) is 7.96. The summed E-state index contributed by atoms with van der Waals surface area (Å²) in [6.07, 6.45) is 2.63. The molecule has 1 aliphatic rings. The van der Waals surface area contributed by atoms with Crippen LogP contribution in [0.25, 0.3) is 0 Å². The fraction of sp³-hybridized carbons (Fsp3) is 0.619. The van der Waals surface area contributed by atoms with E-state index in [9.17, 15) is 22.8 Å². The first-order chi connectivity index (χ1) is 13.8. The number of halogens is 3. The summed E-state index contributed by atoms with van der Waals surface area (Å²) in [5.41, 5.74) is 1.16. The third-order valence-electron chi connectivity index (χ3n) is 4.96. The molecule has 0 heterocycles. The van der Waals surface area contributed by atoms with Crippen molar-refractivity contribution in [3.8, 4) is 5.75 Å². The summed E-state index contributed by atoms with van der Waals surface area (Å²) < 4.78 is 45.4. The zero-order valence-corrected chi connectivity index (χ0v) is 16.4. The Morgan fingerprint density at radius 1 is 1.07 bits per heavy atom. The van der Waals surface area contributed by atoms with E-state index in [1.165, 1.54) is 25.7 Å². The highest BCUT2D eigenvalue weighted by Crippen LogP contribution is 2.27. The van der Waals surface area contributed by atoms with Crippen LogP contribution in [0, 0.1) is 5.92 Å². The zero-order chi connectivity index (χ0) is 21.1. The molecular formula is C21H28F3NO4. The second kappa shape index (κ2) is 11.8. The van der Waals surface area contributed by atoms with Crippen LogP contribution < -0.4 is 10.1 Å². The monoisotopic (exact) mass is 415 g/mol. The topological polar surface area (TPSA) is 64.6 Å². The van der Waals surface area contributed by atoms with E-state index >= 15 is 0 Å². The van der Waals surface area contributed by atoms with E-state index in [1.54, 1.807) is 0 Å². The normalized spacial score (nSPS) is 14.7. The first-order valence-electron chi connectivity index (χ1n) is 10.1. The van der Waals surface area contributed by atoms with Gasteiger partial charge >= 0.3 is 18.1 Å². The fourth-order valence-electron chi connectivity index (χ4n) is 3.34. The Morgan fingerprint density at radius 2 is 1.76 bits per heavy atom. The van der Waals surface area contributed by atoms with E-state index in [1.807, 2.05) is 24.3 Å². The molecule has 0 aliphatic heterocycles. The second-order valence-corrected chi connectivity index (χ2v) is 7.29. The van der Waals surface area contributed by atoms with E-state index < -0.39 is 18.1 Å². The summed E-state index contributed by atoms with van der Waals surface area (Å²) in [5, 5.41) is 2.95. The maximum Gasteiger partial charge on any atom is 0.491 e. The summed E-state index contributed by atoms with van der Waals surface area (Å²) in [6.45, 7) is 1.50. The molecule has 0 saturated heterocycles. The fourth-order valence-corrected chi connectivity index (χ4v) is 3.34. The van der Waals surface area contributed by atoms with Crippen LogP contribution in [-0.4, -0.2) is 37.8 Å². The number of ether oxygens (including phenoxy) is 2. The highest BCUT2D eigenvalue weighted by molar-refractivity contribution is 5.88. The minimum Gasteiger partial charge on any atom is -0.494 e. The first-order valence-corrected chi connectivity index (χ1v) is 10.1. The molecule has 1 fully saturated rings. The third-order valence-corrected chi connectivity index (χ3v) is 4.96. The molecule has 0 unspecified atom stereocenters. The molecule has 8 heteroatoms. The Balaban J connectivity index is 1.51. The summed E-state index contributed by atoms with van der Waals surface area (Å²) >= 11 is 0. The van der Waals surface area contributed by atoms with Gasteiger partial charge in [0.05, 0.1) is 13.0 Å². The molecule has 1 aliphatic carbocycles. The number of hydrogen-bond acceptors (Lipinski definition) is 5. The lowest BCUT2D eigenvalue weighted by molar-refractivity contribution is -0.201. The van der Waals surface area contributed by atoms with Crippen LogP contribution >= 0.6 is 0 Å². The van der Waals surface area contributed by atoms with Crippen molar-refractivity contribution in [3.63, 3.8) is 0 Å². The van der Waals surface area contributed by atoms with Crippen molar-refractivity contribution in [2.75, 3.05) is 19.7 Å². The molecule has 1 aromatic rings. The average molecular weight is 415 g/mol. The van der Waals surface area contributed by atoms with Crippen molar-refractivity contribution >= 4 is 11.9 Å². The van der Waals surface area contributed by atoms with Gasteiger partial charge in [0.2, 0.25) is 0 Å². The third kappa shape index (κ3) is 9.30. The number of carbonyl (C=O) groups is 2. The number of aryl methyl sites for hydroxylation is 1. The predicted molar refractivity (Wildman–Crippen MR) is 101 cm³/mol. The van der Waals surface area contributed by atoms with Gasteiger partial charge in [0.25, 0.3) is 0 Å². The summed E-state index contributed by atoms with van der Waals surface area (Å²) in [5.74, 6) is -1.98. The maximum absolute atomic E-state index is 12.0. The first kappa shape index (κ1) is 23.2. The molecule has 0 radical (unpaired) electrons. The molecule has 0 amide bonds. The Kier molecular flexibility index (Phi) is 9.44. The molecule has 29 heavy (non-hydrogen) atoms. The molecule has 0 atom stereocenters. The van der Waals surface area contributed by atoms with Crippen LogP contribution in [0.2, 0.25) is 0 Å². The van der Waals surface area contributed by atoms with E-state index in [-0.39, 0.29) is 13.0 Å². The van der Waals surface area contributed by atoms with E-state index in [0.717, 1.165) is 43.1 Å². The highest BCUT2D eigenvalue weighted by Gasteiger charge is 2.42. The van der Waals surface area contributed by atoms with Crippen LogP contribution in [0.5, 0.6) is 5.75 Å². The van der Waals surface area contributed by atoms with E-state index in [2.05, 4.69) is 10.1 Å². The second-order valence-electron chi connectivity index (χ2n) is 7.29. The van der Waals surface area contributed by atoms with Crippen LogP contribution in [-0.2, 0) is 20.7 Å². The van der Waals surface area contributed by atoms with Crippen molar-refractivity contribution in [3.05, 3.63) is 29.8 Å². The van der Waals surface area contributed by atoms with Gasteiger partial charge in [0.1, 0.15) is 5.75 Å². The van der Waals surface area contributed by atoms with Crippen molar-refractivity contribution in [2.45, 2.75) is 57.5 Å². The highest BCUT2D eigenvalue weighted by atomic mass is 19.4. The van der Waals surface area contributed by atoms with Gasteiger partial charge in [-0.2, -0.15) is 13.2 Å². The number of alkyl halides is 3. The Labute approximate surface area is 168 Å². The quantitative estimate of drug-likeness (QED) is 0.334. The lowest BCUT2D eigenvalue weighted by atomic mass is 10.1. The van der Waals surface area contributed by atoms with E-state index in [0.29, 0.717) is 6.54 Å². The lowest BCUT2D eigenvalue weighted by Gasteiger charge is -2.11. The molecule has 1 N–H and O–H groups in total. The summed E-state index contributed by atoms with van der Waals surface area (Å²) in [4.78, 5) is 21.7. The van der Waals surface area contributed by atoms with Crippen molar-refractivity contribution < 1.29 is 32.2 Å². The molecule has 0 spiro atoms. The van der Waals surface area contributed by atoms with Gasteiger partial charge in [-0.1, -0.05) is 37.8 Å². The van der Waals surface area contributed by atoms with Crippen LogP contribution in [0.15, 0.2) is 24.3 Å². The lowest BCUT2D eigenvalue weighted by Crippen LogP contribution is -2.29. The van der Waals surface area contributed by atoms with E-state index in [4.69, 9.17) is 4.74 Å². The van der Waals surface area contributed by atoms with Gasteiger partial charge in [-0.25, -0.2) is 4.79 Å². The molecule has 0 aromatic heterocycles. The van der Waals surface area contributed by atoms with Crippen molar-refractivity contribution in [2.24, 2.45) is 5.92 Å². The van der Waals surface area contributed by atoms with Gasteiger partial charge in [-0.3, -0.25) is 4.79 Å². The molecule has 2 rings (SSSR count). The van der Waals surface area contributed by atoms with Gasteiger partial charge < -0.3 is 14.8 Å². The van der Waals surface area contributed by atoms with Gasteiger partial charge in [-0.05, 0) is 49.4 Å². The zero-order valence-electron chi connectivity index (χ0n) is 16.4. The number of rotatable bonds is 11. The minimum atomic E-state index is -5.15. The number of nitrogens with one attached hydrogen (secondary N) is 1. The van der Waals surface area contributed by atoms with Crippen LogP contribution in [0.1, 0.15) is 50.5 Å². The van der Waals surface area contributed by atoms with Gasteiger partial charge in [-0.15, -0.1) is 0 Å². The van der Waals surface area contributed by atoms with Crippen molar-refractivity contribution in [1.82, 2.24) is 5.32 Å². The average Bonchev–Trinajstić information content (AvgIpc) is 3.18. The molecule has 0 bridgehead atoms. The molecule has 162 valence electrons. The smallest absolute Gasteiger partial charge is 0.491 e. The molecule has 5 nitrogen and oxygen atoms in total. The van der Waals surface area contributed by atoms with Crippen LogP contribution in [0.4, 0.5) is 13.2 Å². The maximum atomic E-state index is 12.0. The van der Waals surface area contributed by atoms with Gasteiger partial charge in [0, 0.05) is 6.54 Å². The largest absolute Gasteiger partial charge is 0.494 e. The molecular weight excluding hydrogens is 387 g/mol.